The molecule has 134 valence electrons. The molecule has 0 saturated heterocycles. The van der Waals surface area contributed by atoms with Crippen molar-refractivity contribution in [2.45, 2.75) is 66.6 Å². The minimum Gasteiger partial charge on any atom is -0.443 e. The zero-order valence-corrected chi connectivity index (χ0v) is 15.9. The fraction of sp³-hybridized carbons (Fsp3) is 0.812. The highest BCUT2D eigenvalue weighted by atomic mass is 16.6. The Kier molecular flexibility index (Phi) is 7.54. The van der Waals surface area contributed by atoms with E-state index in [4.69, 9.17) is 9.47 Å². The van der Waals surface area contributed by atoms with Gasteiger partial charge in [0.2, 0.25) is 5.96 Å². The molecule has 0 aliphatic carbocycles. The molecule has 7 heteroatoms. The third-order valence-electron chi connectivity index (χ3n) is 2.60. The summed E-state index contributed by atoms with van der Waals surface area (Å²) >= 11 is 0. The summed E-state index contributed by atoms with van der Waals surface area (Å²) in [7, 11) is 1.52. The molecule has 0 radical (unpaired) electrons. The number of hydrogen-bond acceptors (Lipinski definition) is 4. The molecule has 0 rings (SSSR count). The number of aliphatic imine (C=N–C) groups is 1. The Morgan fingerprint density at radius 3 is 1.70 bits per heavy atom. The molecule has 0 bridgehead atoms. The van der Waals surface area contributed by atoms with Crippen LogP contribution in [-0.2, 0) is 9.47 Å². The maximum absolute atomic E-state index is 12.2. The highest BCUT2D eigenvalue weighted by molar-refractivity contribution is 5.98. The minimum atomic E-state index is -0.741. The van der Waals surface area contributed by atoms with Crippen molar-refractivity contribution in [3.05, 3.63) is 0 Å². The van der Waals surface area contributed by atoms with E-state index in [-0.39, 0.29) is 5.96 Å². The van der Waals surface area contributed by atoms with Crippen LogP contribution in [0.25, 0.3) is 0 Å². The number of carbonyl (C=O) groups is 2. The second-order valence-corrected chi connectivity index (χ2v) is 7.10. The van der Waals surface area contributed by atoms with E-state index in [0.29, 0.717) is 13.1 Å². The van der Waals surface area contributed by atoms with E-state index in [1.807, 2.05) is 13.8 Å². The number of nitrogens with zero attached hydrogens (tertiary/aromatic N) is 3. The Morgan fingerprint density at radius 2 is 1.35 bits per heavy atom. The molecule has 0 aromatic carbocycles. The van der Waals surface area contributed by atoms with Crippen LogP contribution in [0.15, 0.2) is 4.99 Å². The van der Waals surface area contributed by atoms with Gasteiger partial charge in [0, 0.05) is 20.1 Å². The van der Waals surface area contributed by atoms with Crippen LogP contribution in [0.4, 0.5) is 9.59 Å². The van der Waals surface area contributed by atoms with Gasteiger partial charge in [0.05, 0.1) is 0 Å². The van der Waals surface area contributed by atoms with E-state index >= 15 is 0 Å². The average Bonchev–Trinajstić information content (AvgIpc) is 2.33. The predicted octanol–water partition coefficient (Wildman–Crippen LogP) is 3.49. The summed E-state index contributed by atoms with van der Waals surface area (Å²) in [5, 5.41) is 0. The quantitative estimate of drug-likeness (QED) is 0.573. The molecule has 0 N–H and O–H groups in total. The molecule has 0 atom stereocenters. The highest BCUT2D eigenvalue weighted by Gasteiger charge is 2.27. The molecule has 0 spiro atoms. The van der Waals surface area contributed by atoms with Crippen LogP contribution in [0.5, 0.6) is 0 Å². The standard InChI is InChI=1S/C16H31N3O4/c1-10-19(11-2)12(17-13(20)22-15(3,4)5)18(9)14(21)23-16(6,7)8/h10-11H2,1-9H3/b17-12-. The van der Waals surface area contributed by atoms with Gasteiger partial charge in [-0.1, -0.05) is 0 Å². The SMILES string of the molecule is CCN(CC)/C(=N\C(=O)OC(C)(C)C)N(C)C(=O)OC(C)(C)C. The molecule has 0 unspecified atom stereocenters. The number of amides is 2. The molecule has 0 fully saturated rings. The van der Waals surface area contributed by atoms with Crippen molar-refractivity contribution < 1.29 is 19.1 Å². The van der Waals surface area contributed by atoms with Crippen molar-refractivity contribution in [1.82, 2.24) is 9.80 Å². The van der Waals surface area contributed by atoms with Crippen molar-refractivity contribution in [2.24, 2.45) is 4.99 Å². The number of carbonyl (C=O) groups excluding carboxylic acids is 2. The second-order valence-electron chi connectivity index (χ2n) is 7.10. The summed E-state index contributed by atoms with van der Waals surface area (Å²) in [5.74, 6) is 0.207. The van der Waals surface area contributed by atoms with E-state index < -0.39 is 23.4 Å². The minimum absolute atomic E-state index is 0.207. The van der Waals surface area contributed by atoms with Crippen LogP contribution >= 0.6 is 0 Å². The monoisotopic (exact) mass is 329 g/mol. The number of guanidine groups is 1. The molecular weight excluding hydrogens is 298 g/mol. The fourth-order valence-corrected chi connectivity index (χ4v) is 1.64. The van der Waals surface area contributed by atoms with E-state index in [1.54, 1.807) is 46.4 Å². The van der Waals surface area contributed by atoms with Gasteiger partial charge in [0.15, 0.2) is 0 Å². The zero-order chi connectivity index (χ0) is 18.4. The molecule has 0 heterocycles. The summed E-state index contributed by atoms with van der Waals surface area (Å²) < 4.78 is 10.5. The molecule has 0 aromatic heterocycles. The van der Waals surface area contributed by atoms with Crippen molar-refractivity contribution in [3.63, 3.8) is 0 Å². The first-order valence-electron chi connectivity index (χ1n) is 7.84. The second kappa shape index (κ2) is 8.17. The summed E-state index contributed by atoms with van der Waals surface area (Å²) in [6.45, 7) is 15.6. The van der Waals surface area contributed by atoms with E-state index in [1.165, 1.54) is 11.9 Å². The van der Waals surface area contributed by atoms with Gasteiger partial charge in [-0.3, -0.25) is 4.90 Å². The largest absolute Gasteiger partial charge is 0.443 e. The lowest BCUT2D eigenvalue weighted by Gasteiger charge is -2.31. The van der Waals surface area contributed by atoms with Gasteiger partial charge >= 0.3 is 12.2 Å². The Balaban J connectivity index is 5.45. The number of ether oxygens (including phenoxy) is 2. The molecule has 0 aliphatic heterocycles. The fourth-order valence-electron chi connectivity index (χ4n) is 1.64. The summed E-state index contributed by atoms with van der Waals surface area (Å²) in [6.07, 6.45) is -1.32. The lowest BCUT2D eigenvalue weighted by Crippen LogP contribution is -2.47. The third kappa shape index (κ3) is 8.42. The van der Waals surface area contributed by atoms with Crippen LogP contribution < -0.4 is 0 Å². The van der Waals surface area contributed by atoms with Crippen LogP contribution in [0.3, 0.4) is 0 Å². The number of hydrogen-bond donors (Lipinski definition) is 0. The molecule has 23 heavy (non-hydrogen) atoms. The first-order chi connectivity index (χ1) is 10.3. The van der Waals surface area contributed by atoms with Gasteiger partial charge in [-0.25, -0.2) is 9.59 Å². The van der Waals surface area contributed by atoms with E-state index in [2.05, 4.69) is 4.99 Å². The van der Waals surface area contributed by atoms with Gasteiger partial charge in [-0.05, 0) is 55.4 Å². The average molecular weight is 329 g/mol. The first kappa shape index (κ1) is 21.2. The maximum atomic E-state index is 12.2. The molecule has 0 aliphatic rings. The van der Waals surface area contributed by atoms with Crippen molar-refractivity contribution in [2.75, 3.05) is 20.1 Å². The van der Waals surface area contributed by atoms with E-state index in [9.17, 15) is 9.59 Å². The molecule has 0 aromatic rings. The van der Waals surface area contributed by atoms with Crippen molar-refractivity contribution >= 4 is 18.1 Å². The van der Waals surface area contributed by atoms with Crippen LogP contribution in [0, 0.1) is 0 Å². The van der Waals surface area contributed by atoms with Gasteiger partial charge in [0.25, 0.3) is 0 Å². The smallest absolute Gasteiger partial charge is 0.437 e. The normalized spacial score (nSPS) is 12.7. The van der Waals surface area contributed by atoms with Crippen LogP contribution in [0.1, 0.15) is 55.4 Å². The number of rotatable bonds is 2. The van der Waals surface area contributed by atoms with Gasteiger partial charge in [-0.2, -0.15) is 0 Å². The third-order valence-corrected chi connectivity index (χ3v) is 2.60. The summed E-state index contributed by atoms with van der Waals surface area (Å²) in [4.78, 5) is 31.2. The molecule has 7 nitrogen and oxygen atoms in total. The Hall–Kier alpha value is -1.79. The Morgan fingerprint density at radius 1 is 0.913 bits per heavy atom. The lowest BCUT2D eigenvalue weighted by atomic mass is 10.2. The lowest BCUT2D eigenvalue weighted by molar-refractivity contribution is 0.0383. The zero-order valence-electron chi connectivity index (χ0n) is 15.9. The van der Waals surface area contributed by atoms with Crippen molar-refractivity contribution in [1.29, 1.82) is 0 Å². The molecule has 2 amide bonds. The predicted molar refractivity (Wildman–Crippen MR) is 90.6 cm³/mol. The summed E-state index contributed by atoms with van der Waals surface area (Å²) in [6, 6.07) is 0. The molecular formula is C16H31N3O4. The first-order valence-corrected chi connectivity index (χ1v) is 7.84. The van der Waals surface area contributed by atoms with Crippen molar-refractivity contribution in [3.8, 4) is 0 Å². The van der Waals surface area contributed by atoms with Crippen LogP contribution in [-0.4, -0.2) is 59.3 Å². The van der Waals surface area contributed by atoms with Gasteiger partial charge in [-0.15, -0.1) is 4.99 Å². The van der Waals surface area contributed by atoms with E-state index in [0.717, 1.165) is 0 Å². The topological polar surface area (TPSA) is 71.4 Å². The Labute approximate surface area is 139 Å². The highest BCUT2D eigenvalue weighted by Crippen LogP contribution is 2.12. The maximum Gasteiger partial charge on any atom is 0.437 e. The summed E-state index contributed by atoms with van der Waals surface area (Å²) in [5.41, 5.74) is -1.29. The van der Waals surface area contributed by atoms with Gasteiger partial charge in [0.1, 0.15) is 11.2 Å². The Bertz CT molecular complexity index is 443. The molecule has 0 saturated carbocycles. The van der Waals surface area contributed by atoms with Gasteiger partial charge < -0.3 is 14.4 Å². The van der Waals surface area contributed by atoms with Crippen LogP contribution in [0.2, 0.25) is 0 Å².